The SMILES string of the molecule is C=C(/C(=C\C(=C/N)c1cc(C(=O)O)c(C)cc1C)NC=O)N(C)C(C)(C)C. The number of hydrogen-bond donors (Lipinski definition) is 3. The molecule has 146 valence electrons. The van der Waals surface area contributed by atoms with Crippen molar-refractivity contribution in [3.05, 3.63) is 64.6 Å². The van der Waals surface area contributed by atoms with Crippen LogP contribution in [-0.4, -0.2) is 35.0 Å². The van der Waals surface area contributed by atoms with Crippen molar-refractivity contribution < 1.29 is 14.7 Å². The van der Waals surface area contributed by atoms with E-state index in [1.807, 2.05) is 39.6 Å². The molecule has 0 heterocycles. The van der Waals surface area contributed by atoms with Gasteiger partial charge >= 0.3 is 5.97 Å². The number of amides is 1. The number of aromatic carboxylic acids is 1. The van der Waals surface area contributed by atoms with Gasteiger partial charge in [-0.25, -0.2) is 4.79 Å². The van der Waals surface area contributed by atoms with Gasteiger partial charge in [0.05, 0.1) is 17.0 Å². The number of likely N-dealkylation sites (N-methyl/N-ethyl adjacent to an activating group) is 1. The molecule has 0 aliphatic heterocycles. The summed E-state index contributed by atoms with van der Waals surface area (Å²) in [5.74, 6) is -1.00. The first-order chi connectivity index (χ1) is 12.4. The normalized spacial score (nSPS) is 12.5. The fourth-order valence-corrected chi connectivity index (χ4v) is 2.62. The molecule has 0 saturated heterocycles. The van der Waals surface area contributed by atoms with Gasteiger partial charge in [0.15, 0.2) is 0 Å². The maximum absolute atomic E-state index is 11.5. The lowest BCUT2D eigenvalue weighted by Gasteiger charge is -2.36. The van der Waals surface area contributed by atoms with Gasteiger partial charge in [-0.15, -0.1) is 0 Å². The highest BCUT2D eigenvalue weighted by molar-refractivity contribution is 5.92. The number of carbonyl (C=O) groups excluding carboxylic acids is 1. The zero-order valence-electron chi connectivity index (χ0n) is 16.9. The summed E-state index contributed by atoms with van der Waals surface area (Å²) in [6, 6.07) is 3.40. The number of carboxylic acid groups (broad SMARTS) is 1. The maximum atomic E-state index is 11.5. The fourth-order valence-electron chi connectivity index (χ4n) is 2.62. The molecule has 0 unspecified atom stereocenters. The lowest BCUT2D eigenvalue weighted by atomic mass is 9.94. The van der Waals surface area contributed by atoms with Gasteiger partial charge in [-0.1, -0.05) is 12.6 Å². The van der Waals surface area contributed by atoms with Crippen molar-refractivity contribution in [2.45, 2.75) is 40.2 Å². The molecule has 0 aliphatic carbocycles. The van der Waals surface area contributed by atoms with E-state index in [2.05, 4.69) is 11.9 Å². The topological polar surface area (TPSA) is 95.7 Å². The van der Waals surface area contributed by atoms with E-state index >= 15 is 0 Å². The quantitative estimate of drug-likeness (QED) is 0.505. The number of nitrogens with zero attached hydrogens (tertiary/aromatic N) is 1. The largest absolute Gasteiger partial charge is 0.478 e. The van der Waals surface area contributed by atoms with Crippen LogP contribution in [0.1, 0.15) is 47.8 Å². The van der Waals surface area contributed by atoms with E-state index in [4.69, 9.17) is 5.73 Å². The van der Waals surface area contributed by atoms with Gasteiger partial charge in [0.1, 0.15) is 0 Å². The van der Waals surface area contributed by atoms with E-state index in [0.717, 1.165) is 5.56 Å². The van der Waals surface area contributed by atoms with E-state index in [1.165, 1.54) is 6.20 Å². The summed E-state index contributed by atoms with van der Waals surface area (Å²) in [6.45, 7) is 13.8. The molecule has 4 N–H and O–H groups in total. The van der Waals surface area contributed by atoms with Crippen molar-refractivity contribution in [3.63, 3.8) is 0 Å². The minimum atomic E-state index is -1.00. The monoisotopic (exact) mass is 371 g/mol. The van der Waals surface area contributed by atoms with Crippen LogP contribution < -0.4 is 11.1 Å². The summed E-state index contributed by atoms with van der Waals surface area (Å²) < 4.78 is 0. The number of nitrogens with two attached hydrogens (primary N) is 1. The Morgan fingerprint density at radius 1 is 1.22 bits per heavy atom. The molecule has 0 bridgehead atoms. The molecule has 0 radical (unpaired) electrons. The number of aryl methyl sites for hydroxylation is 2. The van der Waals surface area contributed by atoms with Crippen LogP contribution in [0.2, 0.25) is 0 Å². The Morgan fingerprint density at radius 3 is 2.22 bits per heavy atom. The van der Waals surface area contributed by atoms with E-state index in [-0.39, 0.29) is 11.1 Å². The molecule has 0 atom stereocenters. The molecular formula is C21H29N3O3. The van der Waals surface area contributed by atoms with E-state index in [9.17, 15) is 14.7 Å². The van der Waals surface area contributed by atoms with Crippen LogP contribution in [0.15, 0.2) is 42.4 Å². The zero-order valence-corrected chi connectivity index (χ0v) is 16.9. The van der Waals surface area contributed by atoms with Crippen LogP contribution in [0.4, 0.5) is 0 Å². The highest BCUT2D eigenvalue weighted by atomic mass is 16.4. The predicted octanol–water partition coefficient (Wildman–Crippen LogP) is 3.18. The summed E-state index contributed by atoms with van der Waals surface area (Å²) in [6.07, 6.45) is 3.66. The Balaban J connectivity index is 3.50. The Labute approximate surface area is 161 Å². The maximum Gasteiger partial charge on any atom is 0.335 e. The second-order valence-electron chi connectivity index (χ2n) is 7.41. The highest BCUT2D eigenvalue weighted by Gasteiger charge is 2.21. The number of rotatable bonds is 7. The molecule has 1 rings (SSSR count). The third kappa shape index (κ3) is 5.23. The first-order valence-corrected chi connectivity index (χ1v) is 8.55. The lowest BCUT2D eigenvalue weighted by molar-refractivity contribution is -0.108. The number of allylic oxidation sites excluding steroid dienone is 2. The average molecular weight is 371 g/mol. The third-order valence-corrected chi connectivity index (χ3v) is 4.53. The second kappa shape index (κ2) is 8.58. The first kappa shape index (κ1) is 22.0. The van der Waals surface area contributed by atoms with Crippen LogP contribution in [0, 0.1) is 13.8 Å². The van der Waals surface area contributed by atoms with Crippen LogP contribution in [0.3, 0.4) is 0 Å². The van der Waals surface area contributed by atoms with E-state index in [1.54, 1.807) is 25.1 Å². The summed E-state index contributed by atoms with van der Waals surface area (Å²) >= 11 is 0. The molecule has 0 spiro atoms. The Morgan fingerprint density at radius 2 is 1.78 bits per heavy atom. The number of carboxylic acids is 1. The Bertz CT molecular complexity index is 815. The highest BCUT2D eigenvalue weighted by Crippen LogP contribution is 2.27. The van der Waals surface area contributed by atoms with Gasteiger partial charge in [-0.3, -0.25) is 4.79 Å². The van der Waals surface area contributed by atoms with Crippen molar-refractivity contribution in [1.82, 2.24) is 10.2 Å². The number of benzene rings is 1. The molecule has 1 aromatic carbocycles. The van der Waals surface area contributed by atoms with Gasteiger partial charge in [0.2, 0.25) is 6.41 Å². The van der Waals surface area contributed by atoms with Gasteiger partial charge < -0.3 is 21.1 Å². The number of hydrogen-bond acceptors (Lipinski definition) is 4. The number of nitrogens with one attached hydrogen (secondary N) is 1. The summed E-state index contributed by atoms with van der Waals surface area (Å²) in [7, 11) is 1.88. The lowest BCUT2D eigenvalue weighted by Crippen LogP contribution is -2.39. The molecule has 1 aromatic rings. The van der Waals surface area contributed by atoms with E-state index in [0.29, 0.717) is 34.5 Å². The van der Waals surface area contributed by atoms with Gasteiger partial charge in [-0.2, -0.15) is 0 Å². The molecule has 1 amide bonds. The van der Waals surface area contributed by atoms with Crippen molar-refractivity contribution in [1.29, 1.82) is 0 Å². The molecule has 6 heteroatoms. The van der Waals surface area contributed by atoms with Crippen molar-refractivity contribution in [2.24, 2.45) is 5.73 Å². The van der Waals surface area contributed by atoms with Gasteiger partial charge in [0, 0.05) is 18.8 Å². The van der Waals surface area contributed by atoms with Crippen LogP contribution in [-0.2, 0) is 4.79 Å². The Kier molecular flexibility index (Phi) is 6.99. The summed E-state index contributed by atoms with van der Waals surface area (Å²) in [5.41, 5.74) is 9.74. The molecular weight excluding hydrogens is 342 g/mol. The van der Waals surface area contributed by atoms with Crippen molar-refractivity contribution in [3.8, 4) is 0 Å². The van der Waals surface area contributed by atoms with Crippen LogP contribution >= 0.6 is 0 Å². The van der Waals surface area contributed by atoms with Gasteiger partial charge in [-0.05, 0) is 69.0 Å². The minimum absolute atomic E-state index is 0.205. The average Bonchev–Trinajstić information content (AvgIpc) is 2.56. The molecule has 0 fully saturated rings. The molecule has 0 aliphatic rings. The molecule has 6 nitrogen and oxygen atoms in total. The van der Waals surface area contributed by atoms with Crippen LogP contribution in [0.5, 0.6) is 0 Å². The van der Waals surface area contributed by atoms with Gasteiger partial charge in [0.25, 0.3) is 0 Å². The van der Waals surface area contributed by atoms with Crippen molar-refractivity contribution >= 4 is 18.0 Å². The summed E-state index contributed by atoms with van der Waals surface area (Å²) in [4.78, 5) is 24.5. The number of carbonyl (C=O) groups is 2. The summed E-state index contributed by atoms with van der Waals surface area (Å²) in [5, 5.41) is 12.1. The van der Waals surface area contributed by atoms with E-state index < -0.39 is 5.97 Å². The smallest absolute Gasteiger partial charge is 0.335 e. The fraction of sp³-hybridized carbons (Fsp3) is 0.333. The third-order valence-electron chi connectivity index (χ3n) is 4.53. The Hall–Kier alpha value is -3.02. The van der Waals surface area contributed by atoms with Crippen LogP contribution in [0.25, 0.3) is 5.57 Å². The predicted molar refractivity (Wildman–Crippen MR) is 109 cm³/mol. The second-order valence-corrected chi connectivity index (χ2v) is 7.41. The molecule has 0 aromatic heterocycles. The van der Waals surface area contributed by atoms with Crippen molar-refractivity contribution in [2.75, 3.05) is 7.05 Å². The molecule has 0 saturated carbocycles. The first-order valence-electron chi connectivity index (χ1n) is 8.55. The zero-order chi connectivity index (χ0) is 20.9. The molecule has 27 heavy (non-hydrogen) atoms. The minimum Gasteiger partial charge on any atom is -0.478 e. The standard InChI is InChI=1S/C21H29N3O3/c1-13-8-14(2)18(20(26)27)10-17(13)16(11-22)9-19(23-12-25)15(3)24(7)21(4,5)6/h8-12H,3,22H2,1-2,4-7H3,(H,23,25)(H,26,27)/b16-11+,19-9+.